The van der Waals surface area contributed by atoms with Crippen molar-refractivity contribution in [3.63, 3.8) is 0 Å². The molecule has 0 saturated carbocycles. The van der Waals surface area contributed by atoms with Crippen molar-refractivity contribution < 1.29 is 0 Å². The second kappa shape index (κ2) is 10.6. The first-order chi connectivity index (χ1) is 23.8. The van der Waals surface area contributed by atoms with Crippen LogP contribution in [-0.2, 0) is 0 Å². The quantitative estimate of drug-likeness (QED) is 0.194. The number of benzene rings is 8. The summed E-state index contributed by atoms with van der Waals surface area (Å²) in [7, 11) is 0. The van der Waals surface area contributed by atoms with E-state index in [0.29, 0.717) is 0 Å². The molecule has 9 aromatic rings. The van der Waals surface area contributed by atoms with E-state index in [-0.39, 0.29) is 0 Å². The maximum atomic E-state index is 5.40. The molecule has 0 N–H and O–H groups in total. The maximum Gasteiger partial charge on any atom is 0.0794 e. The van der Waals surface area contributed by atoms with Gasteiger partial charge in [0.05, 0.1) is 11.4 Å². The minimum Gasteiger partial charge on any atom is -0.247 e. The summed E-state index contributed by atoms with van der Waals surface area (Å²) in [6.45, 7) is 0. The van der Waals surface area contributed by atoms with Crippen LogP contribution in [0, 0.1) is 0 Å². The molecule has 1 heterocycles. The molecule has 0 aliphatic heterocycles. The third-order valence-electron chi connectivity index (χ3n) is 9.99. The van der Waals surface area contributed by atoms with Gasteiger partial charge in [0.15, 0.2) is 0 Å². The van der Waals surface area contributed by atoms with Gasteiger partial charge in [-0.3, -0.25) is 0 Å². The summed E-state index contributed by atoms with van der Waals surface area (Å²) in [6, 6.07) is 63.7. The van der Waals surface area contributed by atoms with Crippen LogP contribution in [0.5, 0.6) is 0 Å². The normalized spacial score (nSPS) is 11.8. The summed E-state index contributed by atoms with van der Waals surface area (Å²) >= 11 is 0. The highest BCUT2D eigenvalue weighted by Gasteiger charge is 2.31. The van der Waals surface area contributed by atoms with Crippen molar-refractivity contribution >= 4 is 32.3 Å². The van der Waals surface area contributed by atoms with E-state index in [9.17, 15) is 0 Å². The van der Waals surface area contributed by atoms with E-state index in [0.717, 1.165) is 27.9 Å². The zero-order valence-corrected chi connectivity index (χ0v) is 26.2. The molecule has 0 bridgehead atoms. The molecule has 0 spiro atoms. The molecule has 1 nitrogen and oxygen atoms in total. The molecule has 1 aromatic heterocycles. The van der Waals surface area contributed by atoms with Gasteiger partial charge in [0, 0.05) is 16.5 Å². The van der Waals surface area contributed by atoms with Crippen LogP contribution in [0.25, 0.3) is 99.3 Å². The van der Waals surface area contributed by atoms with E-state index in [2.05, 4.69) is 176 Å². The standard InChI is InChI=1S/C47H29N/c1-4-15-30(16-5-1)41-29-33-21-10-11-22-34(33)47(48-41)38-27-28-40-44-37(38)25-14-26-39(44)45-42(31-17-6-2-7-18-31)35-23-12-13-24-36(35)43(46(40)45)32-19-8-3-9-20-32/h1-29H. The molecule has 1 aliphatic rings. The number of pyridine rings is 1. The molecule has 0 saturated heterocycles. The van der Waals surface area contributed by atoms with Gasteiger partial charge in [0.25, 0.3) is 0 Å². The summed E-state index contributed by atoms with van der Waals surface area (Å²) in [4.78, 5) is 5.40. The van der Waals surface area contributed by atoms with E-state index in [4.69, 9.17) is 4.98 Å². The fourth-order valence-corrected chi connectivity index (χ4v) is 7.98. The number of hydrogen-bond donors (Lipinski definition) is 0. The van der Waals surface area contributed by atoms with Crippen LogP contribution in [-0.4, -0.2) is 4.98 Å². The molecule has 1 heteroatoms. The molecule has 0 fully saturated rings. The molecule has 1 aliphatic carbocycles. The zero-order valence-electron chi connectivity index (χ0n) is 26.2. The van der Waals surface area contributed by atoms with Crippen molar-refractivity contribution in [2.75, 3.05) is 0 Å². The lowest BCUT2D eigenvalue weighted by Gasteiger charge is -2.20. The van der Waals surface area contributed by atoms with Gasteiger partial charge >= 0.3 is 0 Å². The molecule has 0 unspecified atom stereocenters. The lowest BCUT2D eigenvalue weighted by atomic mass is 9.82. The summed E-state index contributed by atoms with van der Waals surface area (Å²) in [5.74, 6) is 0. The molecule has 0 atom stereocenters. The Balaban J connectivity index is 1.34. The number of nitrogens with zero attached hydrogens (tertiary/aromatic N) is 1. The number of hydrogen-bond acceptors (Lipinski definition) is 1. The number of rotatable bonds is 4. The van der Waals surface area contributed by atoms with Crippen LogP contribution in [0.2, 0.25) is 0 Å². The van der Waals surface area contributed by atoms with Crippen LogP contribution < -0.4 is 0 Å². The first kappa shape index (κ1) is 26.9. The highest BCUT2D eigenvalue weighted by atomic mass is 14.7. The van der Waals surface area contributed by atoms with Crippen molar-refractivity contribution in [3.05, 3.63) is 176 Å². The fourth-order valence-electron chi connectivity index (χ4n) is 7.98. The van der Waals surface area contributed by atoms with Gasteiger partial charge in [0.1, 0.15) is 0 Å². The van der Waals surface area contributed by atoms with Crippen molar-refractivity contribution in [2.45, 2.75) is 0 Å². The lowest BCUT2D eigenvalue weighted by molar-refractivity contribution is 1.36. The van der Waals surface area contributed by atoms with Gasteiger partial charge in [-0.15, -0.1) is 0 Å². The van der Waals surface area contributed by atoms with E-state index in [1.807, 2.05) is 0 Å². The van der Waals surface area contributed by atoms with Gasteiger partial charge in [-0.2, -0.15) is 0 Å². The minimum atomic E-state index is 0.986. The van der Waals surface area contributed by atoms with E-state index in [1.54, 1.807) is 0 Å². The van der Waals surface area contributed by atoms with Gasteiger partial charge in [-0.05, 0) is 77.5 Å². The topological polar surface area (TPSA) is 12.9 Å². The molecule has 0 radical (unpaired) electrons. The van der Waals surface area contributed by atoms with Crippen LogP contribution in [0.4, 0.5) is 0 Å². The Kier molecular flexibility index (Phi) is 5.94. The zero-order chi connectivity index (χ0) is 31.6. The van der Waals surface area contributed by atoms with E-state index < -0.39 is 0 Å². The molecule has 222 valence electrons. The minimum absolute atomic E-state index is 0.986. The smallest absolute Gasteiger partial charge is 0.0794 e. The predicted octanol–water partition coefficient (Wildman–Crippen LogP) is 12.9. The largest absolute Gasteiger partial charge is 0.247 e. The Hall–Kier alpha value is -6.31. The Labute approximate surface area is 279 Å². The van der Waals surface area contributed by atoms with E-state index >= 15 is 0 Å². The first-order valence-corrected chi connectivity index (χ1v) is 16.6. The third-order valence-corrected chi connectivity index (χ3v) is 9.99. The molecule has 0 amide bonds. The summed E-state index contributed by atoms with van der Waals surface area (Å²) in [5.41, 5.74) is 14.5. The van der Waals surface area contributed by atoms with Crippen LogP contribution in [0.15, 0.2) is 176 Å². The average molecular weight is 608 g/mol. The number of aromatic nitrogens is 1. The van der Waals surface area contributed by atoms with Crippen LogP contribution in [0.1, 0.15) is 0 Å². The van der Waals surface area contributed by atoms with Gasteiger partial charge in [0.2, 0.25) is 0 Å². The van der Waals surface area contributed by atoms with Gasteiger partial charge < -0.3 is 0 Å². The Morgan fingerprint density at radius 1 is 0.312 bits per heavy atom. The molecule has 8 aromatic carbocycles. The van der Waals surface area contributed by atoms with Gasteiger partial charge in [-0.1, -0.05) is 170 Å². The molecule has 10 rings (SSSR count). The van der Waals surface area contributed by atoms with Crippen molar-refractivity contribution in [1.82, 2.24) is 4.98 Å². The van der Waals surface area contributed by atoms with Gasteiger partial charge in [-0.25, -0.2) is 4.98 Å². The lowest BCUT2D eigenvalue weighted by Crippen LogP contribution is -1.93. The predicted molar refractivity (Wildman–Crippen MR) is 203 cm³/mol. The van der Waals surface area contributed by atoms with Crippen molar-refractivity contribution in [3.8, 4) is 67.0 Å². The summed E-state index contributed by atoms with van der Waals surface area (Å²) < 4.78 is 0. The highest BCUT2D eigenvalue weighted by Crippen LogP contribution is 2.58. The highest BCUT2D eigenvalue weighted by molar-refractivity contribution is 6.29. The summed E-state index contributed by atoms with van der Waals surface area (Å²) in [6.07, 6.45) is 0. The average Bonchev–Trinajstić information content (AvgIpc) is 3.49. The number of fused-ring (bicyclic) bond motifs is 5. The fraction of sp³-hybridized carbons (Fsp3) is 0. The molecule has 48 heavy (non-hydrogen) atoms. The van der Waals surface area contributed by atoms with Crippen molar-refractivity contribution in [1.29, 1.82) is 0 Å². The van der Waals surface area contributed by atoms with E-state index in [1.165, 1.54) is 71.4 Å². The molecular formula is C47H29N. The third kappa shape index (κ3) is 3.95. The second-order valence-electron chi connectivity index (χ2n) is 12.6. The first-order valence-electron chi connectivity index (χ1n) is 16.6. The molecular weight excluding hydrogens is 579 g/mol. The van der Waals surface area contributed by atoms with Crippen LogP contribution >= 0.6 is 0 Å². The second-order valence-corrected chi connectivity index (χ2v) is 12.6. The van der Waals surface area contributed by atoms with Crippen LogP contribution in [0.3, 0.4) is 0 Å². The maximum absolute atomic E-state index is 5.40. The summed E-state index contributed by atoms with van der Waals surface area (Å²) in [5, 5.41) is 7.42. The Morgan fingerprint density at radius 2 is 0.792 bits per heavy atom. The Morgan fingerprint density at radius 3 is 1.42 bits per heavy atom. The SMILES string of the molecule is c1ccc(-c2cc3ccccc3c(-c3ccc4c5c(cccc35)-c3c-4c(-c4ccccc4)c4ccccc4c3-c3ccccc3)n2)cc1. The van der Waals surface area contributed by atoms with Crippen molar-refractivity contribution in [2.24, 2.45) is 0 Å². The monoisotopic (exact) mass is 607 g/mol. The Bertz CT molecular complexity index is 2600.